The molecule has 0 radical (unpaired) electrons. The molecule has 0 fully saturated rings. The maximum atomic E-state index is 12.5. The molecule has 1 N–H and O–H groups in total. The van der Waals surface area contributed by atoms with E-state index >= 15 is 0 Å². The number of anilines is 1. The summed E-state index contributed by atoms with van der Waals surface area (Å²) in [7, 11) is 1.86. The number of aromatic nitrogens is 3. The van der Waals surface area contributed by atoms with Crippen LogP contribution in [0.4, 0.5) is 5.00 Å². The molecule has 1 amide bonds. The van der Waals surface area contributed by atoms with Crippen molar-refractivity contribution in [1.29, 1.82) is 5.26 Å². The highest BCUT2D eigenvalue weighted by Crippen LogP contribution is 2.37. The van der Waals surface area contributed by atoms with Crippen molar-refractivity contribution in [3.8, 4) is 17.5 Å². The third kappa shape index (κ3) is 3.45. The number of carbonyl (C=O) groups is 1. The summed E-state index contributed by atoms with van der Waals surface area (Å²) < 4.78 is 7.17. The predicted molar refractivity (Wildman–Crippen MR) is 108 cm³/mol. The Balaban J connectivity index is 1.44. The van der Waals surface area contributed by atoms with Crippen LogP contribution < -0.4 is 5.32 Å². The van der Waals surface area contributed by atoms with Gasteiger partial charge in [-0.25, -0.2) is 0 Å². The van der Waals surface area contributed by atoms with Crippen molar-refractivity contribution in [2.75, 3.05) is 11.1 Å². The summed E-state index contributed by atoms with van der Waals surface area (Å²) in [5, 5.41) is 22.1. The second kappa shape index (κ2) is 7.81. The number of hydrogen-bond donors (Lipinski definition) is 1. The minimum absolute atomic E-state index is 0.149. The Labute approximate surface area is 170 Å². The van der Waals surface area contributed by atoms with E-state index < -0.39 is 0 Å². The number of nitriles is 1. The lowest BCUT2D eigenvalue weighted by atomic mass is 9.96. The van der Waals surface area contributed by atoms with Crippen molar-refractivity contribution >= 4 is 34.0 Å². The predicted octanol–water partition coefficient (Wildman–Crippen LogP) is 3.93. The second-order valence-electron chi connectivity index (χ2n) is 6.62. The van der Waals surface area contributed by atoms with Crippen molar-refractivity contribution in [3.63, 3.8) is 0 Å². The number of nitrogens with one attached hydrogen (secondary N) is 1. The van der Waals surface area contributed by atoms with Crippen molar-refractivity contribution in [3.05, 3.63) is 34.1 Å². The van der Waals surface area contributed by atoms with Gasteiger partial charge in [0.25, 0.3) is 0 Å². The zero-order valence-corrected chi connectivity index (χ0v) is 17.2. The van der Waals surface area contributed by atoms with Crippen LogP contribution in [-0.4, -0.2) is 26.4 Å². The first-order valence-corrected chi connectivity index (χ1v) is 10.8. The first-order valence-electron chi connectivity index (χ1n) is 8.99. The summed E-state index contributed by atoms with van der Waals surface area (Å²) in [4.78, 5) is 13.7. The highest BCUT2D eigenvalue weighted by Gasteiger charge is 2.22. The monoisotopic (exact) mass is 413 g/mol. The maximum absolute atomic E-state index is 12.5. The third-order valence-electron chi connectivity index (χ3n) is 4.80. The van der Waals surface area contributed by atoms with Gasteiger partial charge in [-0.05, 0) is 44.2 Å². The molecule has 28 heavy (non-hydrogen) atoms. The average Bonchev–Trinajstić information content (AvgIpc) is 3.36. The van der Waals surface area contributed by atoms with E-state index in [2.05, 4.69) is 21.6 Å². The second-order valence-corrected chi connectivity index (χ2v) is 8.67. The topological polar surface area (TPSA) is 96.7 Å². The van der Waals surface area contributed by atoms with Crippen molar-refractivity contribution in [1.82, 2.24) is 14.8 Å². The summed E-state index contributed by atoms with van der Waals surface area (Å²) in [5.74, 6) is 1.52. The van der Waals surface area contributed by atoms with E-state index in [0.717, 1.165) is 42.6 Å². The Morgan fingerprint density at radius 1 is 1.43 bits per heavy atom. The van der Waals surface area contributed by atoms with E-state index in [1.165, 1.54) is 28.0 Å². The molecule has 0 spiro atoms. The largest absolute Gasteiger partial charge is 0.469 e. The van der Waals surface area contributed by atoms with Crippen LogP contribution in [0.3, 0.4) is 0 Å². The molecule has 1 aliphatic rings. The fraction of sp³-hybridized carbons (Fsp3) is 0.368. The van der Waals surface area contributed by atoms with Gasteiger partial charge in [0.05, 0.1) is 23.1 Å². The van der Waals surface area contributed by atoms with Crippen LogP contribution in [-0.2, 0) is 24.7 Å². The first kappa shape index (κ1) is 18.8. The number of amides is 1. The van der Waals surface area contributed by atoms with Crippen LogP contribution in [0.25, 0.3) is 11.4 Å². The van der Waals surface area contributed by atoms with Gasteiger partial charge in [-0.3, -0.25) is 4.79 Å². The van der Waals surface area contributed by atoms with Gasteiger partial charge < -0.3 is 14.3 Å². The number of carbonyl (C=O) groups excluding carboxylic acids is 1. The number of fused-ring (bicyclic) bond motifs is 1. The average molecular weight is 414 g/mol. The van der Waals surface area contributed by atoms with Gasteiger partial charge in [-0.2, -0.15) is 5.26 Å². The van der Waals surface area contributed by atoms with Crippen LogP contribution in [0, 0.1) is 18.3 Å². The summed E-state index contributed by atoms with van der Waals surface area (Å²) in [5.41, 5.74) is 2.64. The maximum Gasteiger partial charge on any atom is 0.235 e. The quantitative estimate of drug-likeness (QED) is 0.637. The van der Waals surface area contributed by atoms with E-state index in [0.29, 0.717) is 21.5 Å². The van der Waals surface area contributed by atoms with Crippen molar-refractivity contribution < 1.29 is 9.21 Å². The van der Waals surface area contributed by atoms with Crippen LogP contribution in [0.5, 0.6) is 0 Å². The number of rotatable bonds is 5. The summed E-state index contributed by atoms with van der Waals surface area (Å²) in [6.45, 7) is 1.87. The van der Waals surface area contributed by atoms with E-state index in [1.54, 1.807) is 6.26 Å². The molecule has 3 heterocycles. The molecular weight excluding hydrogens is 394 g/mol. The molecule has 0 unspecified atom stereocenters. The Kier molecular flexibility index (Phi) is 5.24. The third-order valence-corrected chi connectivity index (χ3v) is 7.03. The lowest BCUT2D eigenvalue weighted by molar-refractivity contribution is -0.113. The zero-order chi connectivity index (χ0) is 19.7. The lowest BCUT2D eigenvalue weighted by Gasteiger charge is -2.09. The highest BCUT2D eigenvalue weighted by molar-refractivity contribution is 7.99. The molecule has 3 aromatic rings. The molecule has 0 saturated carbocycles. The Hall–Kier alpha value is -2.57. The summed E-state index contributed by atoms with van der Waals surface area (Å²) in [6.07, 6.45) is 5.79. The number of hydrogen-bond acceptors (Lipinski definition) is 7. The van der Waals surface area contributed by atoms with Gasteiger partial charge in [-0.15, -0.1) is 21.5 Å². The highest BCUT2D eigenvalue weighted by atomic mass is 32.2. The molecule has 0 aliphatic heterocycles. The Bertz CT molecular complexity index is 1070. The number of nitrogens with zero attached hydrogens (tertiary/aromatic N) is 4. The summed E-state index contributed by atoms with van der Waals surface area (Å²) >= 11 is 2.85. The van der Waals surface area contributed by atoms with Crippen LogP contribution >= 0.6 is 23.1 Å². The normalized spacial score (nSPS) is 13.2. The van der Waals surface area contributed by atoms with Crippen LogP contribution in [0.15, 0.2) is 21.9 Å². The molecule has 0 saturated heterocycles. The molecule has 144 valence electrons. The SMILES string of the molecule is Cc1occc1-c1nnc(SCC(=O)Nc2sc3c(c2C#N)CCCC3)n1C. The van der Waals surface area contributed by atoms with Crippen LogP contribution in [0.2, 0.25) is 0 Å². The number of furan rings is 1. The molecule has 9 heteroatoms. The number of thioether (sulfide) groups is 1. The van der Waals surface area contributed by atoms with Gasteiger partial charge >= 0.3 is 0 Å². The smallest absolute Gasteiger partial charge is 0.235 e. The van der Waals surface area contributed by atoms with Gasteiger partial charge in [0.15, 0.2) is 11.0 Å². The summed E-state index contributed by atoms with van der Waals surface area (Å²) in [6, 6.07) is 4.12. The van der Waals surface area contributed by atoms with E-state index in [1.807, 2.05) is 24.6 Å². The molecule has 7 nitrogen and oxygen atoms in total. The Morgan fingerprint density at radius 2 is 2.25 bits per heavy atom. The van der Waals surface area contributed by atoms with E-state index in [4.69, 9.17) is 4.42 Å². The van der Waals surface area contributed by atoms with E-state index in [-0.39, 0.29) is 11.7 Å². The molecule has 4 rings (SSSR count). The van der Waals surface area contributed by atoms with E-state index in [9.17, 15) is 10.1 Å². The van der Waals surface area contributed by atoms with Gasteiger partial charge in [0.1, 0.15) is 16.8 Å². The fourth-order valence-electron chi connectivity index (χ4n) is 3.36. The number of thiophene rings is 1. The molecular formula is C19H19N5O2S2. The van der Waals surface area contributed by atoms with Crippen molar-refractivity contribution in [2.24, 2.45) is 7.05 Å². The number of aryl methyl sites for hydroxylation is 2. The minimum Gasteiger partial charge on any atom is -0.469 e. The van der Waals surface area contributed by atoms with Crippen LogP contribution in [0.1, 0.15) is 34.6 Å². The Morgan fingerprint density at radius 3 is 3.00 bits per heavy atom. The molecule has 0 atom stereocenters. The first-order chi connectivity index (χ1) is 13.6. The zero-order valence-electron chi connectivity index (χ0n) is 15.6. The minimum atomic E-state index is -0.149. The molecule has 0 bridgehead atoms. The standard InChI is InChI=1S/C19H19N5O2S2/c1-11-12(7-8-26-11)17-22-23-19(24(17)2)27-10-16(25)21-18-14(9-20)13-5-3-4-6-15(13)28-18/h7-8H,3-6,10H2,1-2H3,(H,21,25). The molecule has 1 aliphatic carbocycles. The molecule has 0 aromatic carbocycles. The van der Waals surface area contributed by atoms with Gasteiger partial charge in [0, 0.05) is 11.9 Å². The lowest BCUT2D eigenvalue weighted by Crippen LogP contribution is -2.14. The fourth-order valence-corrected chi connectivity index (χ4v) is 5.32. The van der Waals surface area contributed by atoms with Gasteiger partial charge in [-0.1, -0.05) is 11.8 Å². The molecule has 3 aromatic heterocycles. The van der Waals surface area contributed by atoms with Crippen molar-refractivity contribution in [2.45, 2.75) is 37.8 Å². The van der Waals surface area contributed by atoms with Gasteiger partial charge in [0.2, 0.25) is 5.91 Å².